The molecule has 2 aromatic rings. The molecule has 1 N–H and O–H groups in total. The lowest BCUT2D eigenvalue weighted by Gasteiger charge is -2.02. The molecular formula is C13H12BrN3OS. The van der Waals surface area contributed by atoms with Crippen LogP contribution in [-0.4, -0.2) is 16.6 Å². The zero-order chi connectivity index (χ0) is 13.7. The molecule has 2 rings (SSSR count). The van der Waals surface area contributed by atoms with Gasteiger partial charge in [0.2, 0.25) is 0 Å². The van der Waals surface area contributed by atoms with Crippen LogP contribution in [0.4, 0.5) is 0 Å². The van der Waals surface area contributed by atoms with Crippen molar-refractivity contribution in [2.75, 3.05) is 0 Å². The molecule has 0 aromatic carbocycles. The van der Waals surface area contributed by atoms with Crippen molar-refractivity contribution in [3.63, 3.8) is 0 Å². The summed E-state index contributed by atoms with van der Waals surface area (Å²) in [5, 5.41) is 4.18. The number of halogens is 1. The molecule has 0 aliphatic carbocycles. The lowest BCUT2D eigenvalue weighted by atomic mass is 10.2. The Labute approximate surface area is 123 Å². The minimum atomic E-state index is -0.255. The fraction of sp³-hybridized carbons (Fsp3) is 0.154. The molecule has 2 heterocycles. The topological polar surface area (TPSA) is 54.4 Å². The zero-order valence-electron chi connectivity index (χ0n) is 10.3. The van der Waals surface area contributed by atoms with Crippen molar-refractivity contribution in [3.8, 4) is 0 Å². The summed E-state index contributed by atoms with van der Waals surface area (Å²) in [6.07, 6.45) is 3.89. The molecule has 98 valence electrons. The van der Waals surface area contributed by atoms with E-state index >= 15 is 0 Å². The van der Waals surface area contributed by atoms with E-state index in [2.05, 4.69) is 31.4 Å². The summed E-state index contributed by atoms with van der Waals surface area (Å²) in [6.45, 7) is 2.00. The van der Waals surface area contributed by atoms with Crippen LogP contribution < -0.4 is 5.43 Å². The molecule has 19 heavy (non-hydrogen) atoms. The predicted molar refractivity (Wildman–Crippen MR) is 80.6 cm³/mol. The largest absolute Gasteiger partial charge is 0.272 e. The Bertz CT molecular complexity index is 595. The van der Waals surface area contributed by atoms with Crippen LogP contribution in [0.25, 0.3) is 0 Å². The first-order valence-corrected chi connectivity index (χ1v) is 7.34. The van der Waals surface area contributed by atoms with E-state index in [0.717, 1.165) is 20.8 Å². The number of nitrogens with zero attached hydrogens (tertiary/aromatic N) is 2. The SMILES string of the molecule is CC/C(=N/NC(=O)c1cccnc1)c1ccc(Br)s1. The van der Waals surface area contributed by atoms with Gasteiger partial charge in [0, 0.05) is 12.4 Å². The second-order valence-corrected chi connectivity index (χ2v) is 6.16. The number of carbonyl (C=O) groups is 1. The van der Waals surface area contributed by atoms with Gasteiger partial charge in [0.25, 0.3) is 5.91 Å². The lowest BCUT2D eigenvalue weighted by molar-refractivity contribution is 0.0954. The van der Waals surface area contributed by atoms with E-state index in [9.17, 15) is 4.79 Å². The fourth-order valence-corrected chi connectivity index (χ4v) is 2.90. The lowest BCUT2D eigenvalue weighted by Crippen LogP contribution is -2.19. The molecule has 0 bridgehead atoms. The fourth-order valence-electron chi connectivity index (χ4n) is 1.46. The van der Waals surface area contributed by atoms with Crippen LogP contribution in [0.3, 0.4) is 0 Å². The van der Waals surface area contributed by atoms with Gasteiger partial charge in [-0.15, -0.1) is 11.3 Å². The number of hydrazone groups is 1. The van der Waals surface area contributed by atoms with Gasteiger partial charge < -0.3 is 0 Å². The summed E-state index contributed by atoms with van der Waals surface area (Å²) >= 11 is 5.00. The molecular weight excluding hydrogens is 326 g/mol. The predicted octanol–water partition coefficient (Wildman–Crippen LogP) is 3.45. The molecule has 0 unspecified atom stereocenters. The number of thiophene rings is 1. The minimum Gasteiger partial charge on any atom is -0.267 e. The molecule has 4 nitrogen and oxygen atoms in total. The first-order chi connectivity index (χ1) is 9.20. The van der Waals surface area contributed by atoms with E-state index < -0.39 is 0 Å². The third-order valence-electron chi connectivity index (χ3n) is 2.41. The summed E-state index contributed by atoms with van der Waals surface area (Å²) in [7, 11) is 0. The van der Waals surface area contributed by atoms with Gasteiger partial charge in [0.1, 0.15) is 0 Å². The molecule has 0 aliphatic heterocycles. The zero-order valence-corrected chi connectivity index (χ0v) is 12.7. The third kappa shape index (κ3) is 3.71. The Morgan fingerprint density at radius 3 is 2.89 bits per heavy atom. The molecule has 0 atom stereocenters. The Hall–Kier alpha value is -1.53. The Morgan fingerprint density at radius 1 is 1.47 bits per heavy atom. The maximum Gasteiger partial charge on any atom is 0.272 e. The molecule has 0 aliphatic rings. The second kappa shape index (κ2) is 6.58. The number of nitrogens with one attached hydrogen (secondary N) is 1. The van der Waals surface area contributed by atoms with Crippen molar-refractivity contribution in [1.29, 1.82) is 0 Å². The van der Waals surface area contributed by atoms with Gasteiger partial charge in [0.15, 0.2) is 0 Å². The molecule has 0 radical (unpaired) electrons. The Kier molecular flexibility index (Phi) is 4.81. The molecule has 6 heteroatoms. The summed E-state index contributed by atoms with van der Waals surface area (Å²) in [4.78, 5) is 16.8. The highest BCUT2D eigenvalue weighted by molar-refractivity contribution is 9.11. The number of pyridine rings is 1. The standard InChI is InChI=1S/C13H12BrN3OS/c1-2-10(11-5-6-12(14)19-11)16-17-13(18)9-4-3-7-15-8-9/h3-8H,2H2,1H3,(H,17,18)/b16-10-. The van der Waals surface area contributed by atoms with Gasteiger partial charge >= 0.3 is 0 Å². The normalized spacial score (nSPS) is 11.4. The average Bonchev–Trinajstić information content (AvgIpc) is 2.87. The first-order valence-electron chi connectivity index (χ1n) is 5.73. The summed E-state index contributed by atoms with van der Waals surface area (Å²) in [5.41, 5.74) is 3.91. The van der Waals surface area contributed by atoms with Crippen LogP contribution in [-0.2, 0) is 0 Å². The van der Waals surface area contributed by atoms with Crippen LogP contribution in [0, 0.1) is 0 Å². The van der Waals surface area contributed by atoms with Crippen molar-refractivity contribution >= 4 is 38.9 Å². The van der Waals surface area contributed by atoms with Crippen LogP contribution in [0.5, 0.6) is 0 Å². The van der Waals surface area contributed by atoms with E-state index in [1.165, 1.54) is 6.20 Å². The third-order valence-corrected chi connectivity index (χ3v) is 4.08. The first kappa shape index (κ1) is 13.9. The quantitative estimate of drug-likeness (QED) is 0.686. The van der Waals surface area contributed by atoms with Crippen LogP contribution >= 0.6 is 27.3 Å². The van der Waals surface area contributed by atoms with Crippen molar-refractivity contribution in [2.24, 2.45) is 5.10 Å². The van der Waals surface area contributed by atoms with Gasteiger partial charge in [-0.25, -0.2) is 5.43 Å². The molecule has 0 saturated heterocycles. The van der Waals surface area contributed by atoms with E-state index in [4.69, 9.17) is 0 Å². The highest BCUT2D eigenvalue weighted by atomic mass is 79.9. The van der Waals surface area contributed by atoms with Crippen molar-refractivity contribution < 1.29 is 4.79 Å². The van der Waals surface area contributed by atoms with E-state index in [1.807, 2.05) is 19.1 Å². The number of hydrogen-bond donors (Lipinski definition) is 1. The number of carbonyl (C=O) groups excluding carboxylic acids is 1. The average molecular weight is 338 g/mol. The molecule has 1 amide bonds. The van der Waals surface area contributed by atoms with Gasteiger partial charge in [-0.2, -0.15) is 5.10 Å². The maximum atomic E-state index is 11.8. The van der Waals surface area contributed by atoms with Gasteiger partial charge in [0.05, 0.1) is 19.9 Å². The van der Waals surface area contributed by atoms with Crippen LogP contribution in [0.2, 0.25) is 0 Å². The van der Waals surface area contributed by atoms with Crippen LogP contribution in [0.1, 0.15) is 28.6 Å². The molecule has 2 aromatic heterocycles. The van der Waals surface area contributed by atoms with Crippen molar-refractivity contribution in [2.45, 2.75) is 13.3 Å². The minimum absolute atomic E-state index is 0.255. The molecule has 0 fully saturated rings. The summed E-state index contributed by atoms with van der Waals surface area (Å²) < 4.78 is 1.04. The monoisotopic (exact) mass is 337 g/mol. The van der Waals surface area contributed by atoms with Gasteiger partial charge in [-0.05, 0) is 46.6 Å². The summed E-state index contributed by atoms with van der Waals surface area (Å²) in [5.74, 6) is -0.255. The number of aromatic nitrogens is 1. The number of amides is 1. The number of rotatable bonds is 4. The molecule has 0 saturated carbocycles. The number of hydrogen-bond acceptors (Lipinski definition) is 4. The van der Waals surface area contributed by atoms with Crippen LogP contribution in [0.15, 0.2) is 45.5 Å². The second-order valence-electron chi connectivity index (χ2n) is 3.70. The van der Waals surface area contributed by atoms with E-state index in [1.54, 1.807) is 29.7 Å². The van der Waals surface area contributed by atoms with Gasteiger partial charge in [-0.3, -0.25) is 9.78 Å². The van der Waals surface area contributed by atoms with Gasteiger partial charge in [-0.1, -0.05) is 6.92 Å². The maximum absolute atomic E-state index is 11.8. The van der Waals surface area contributed by atoms with Crippen molar-refractivity contribution in [3.05, 3.63) is 50.9 Å². The Balaban J connectivity index is 2.10. The highest BCUT2D eigenvalue weighted by Crippen LogP contribution is 2.23. The van der Waals surface area contributed by atoms with Crippen molar-refractivity contribution in [1.82, 2.24) is 10.4 Å². The van der Waals surface area contributed by atoms with E-state index in [-0.39, 0.29) is 5.91 Å². The molecule has 0 spiro atoms. The summed E-state index contributed by atoms with van der Waals surface area (Å²) in [6, 6.07) is 7.36. The smallest absolute Gasteiger partial charge is 0.267 e. The van der Waals surface area contributed by atoms with E-state index in [0.29, 0.717) is 5.56 Å². The highest BCUT2D eigenvalue weighted by Gasteiger charge is 2.07. The Morgan fingerprint density at radius 2 is 2.32 bits per heavy atom.